The van der Waals surface area contributed by atoms with Crippen molar-refractivity contribution < 1.29 is 4.79 Å². The third kappa shape index (κ3) is 4.64. The minimum absolute atomic E-state index is 0.207. The lowest BCUT2D eigenvalue weighted by molar-refractivity contribution is -0.130. The van der Waals surface area contributed by atoms with Gasteiger partial charge in [0.05, 0.1) is 6.54 Å². The molecule has 4 heteroatoms. The number of nitrogens with zero attached hydrogens (tertiary/aromatic N) is 2. The highest BCUT2D eigenvalue weighted by atomic mass is 16.2. The first-order chi connectivity index (χ1) is 12.6. The van der Waals surface area contributed by atoms with E-state index in [9.17, 15) is 4.79 Å². The van der Waals surface area contributed by atoms with Crippen LogP contribution in [-0.4, -0.2) is 50.1 Å². The van der Waals surface area contributed by atoms with Crippen molar-refractivity contribution >= 4 is 11.6 Å². The van der Waals surface area contributed by atoms with Gasteiger partial charge in [-0.05, 0) is 49.6 Å². The highest BCUT2D eigenvalue weighted by Crippen LogP contribution is 2.23. The standard InChI is InChI=1S/C22H29N3O/c1-18-7-6-10-21(19(18)2)24-13-15-25(16-14-24)22(26)17-23-12-11-20-8-4-3-5-9-20/h3-10,23H,11-17H2,1-2H3. The van der Waals surface area contributed by atoms with E-state index in [4.69, 9.17) is 0 Å². The van der Waals surface area contributed by atoms with E-state index in [1.807, 2.05) is 11.0 Å². The van der Waals surface area contributed by atoms with Gasteiger partial charge in [0.25, 0.3) is 0 Å². The van der Waals surface area contributed by atoms with Gasteiger partial charge < -0.3 is 15.1 Å². The van der Waals surface area contributed by atoms with Crippen molar-refractivity contribution in [2.24, 2.45) is 0 Å². The minimum atomic E-state index is 0.207. The van der Waals surface area contributed by atoms with Crippen LogP contribution in [0.3, 0.4) is 0 Å². The van der Waals surface area contributed by atoms with Gasteiger partial charge in [-0.3, -0.25) is 4.79 Å². The van der Waals surface area contributed by atoms with Crippen molar-refractivity contribution in [1.29, 1.82) is 0 Å². The van der Waals surface area contributed by atoms with E-state index in [0.717, 1.165) is 39.1 Å². The SMILES string of the molecule is Cc1cccc(N2CCN(C(=O)CNCCc3ccccc3)CC2)c1C. The fraction of sp³-hybridized carbons (Fsp3) is 0.409. The Bertz CT molecular complexity index is 721. The summed E-state index contributed by atoms with van der Waals surface area (Å²) < 4.78 is 0. The molecule has 1 aliphatic rings. The van der Waals surface area contributed by atoms with Crippen molar-refractivity contribution in [3.05, 3.63) is 65.2 Å². The summed E-state index contributed by atoms with van der Waals surface area (Å²) in [6.45, 7) is 8.99. The summed E-state index contributed by atoms with van der Waals surface area (Å²) in [6, 6.07) is 16.8. The molecule has 1 aliphatic heterocycles. The van der Waals surface area contributed by atoms with E-state index in [1.165, 1.54) is 22.4 Å². The van der Waals surface area contributed by atoms with Crippen LogP contribution in [0.25, 0.3) is 0 Å². The normalized spacial score (nSPS) is 14.5. The van der Waals surface area contributed by atoms with Gasteiger partial charge >= 0.3 is 0 Å². The second kappa shape index (κ2) is 8.86. The predicted octanol–water partition coefficient (Wildman–Crippen LogP) is 2.78. The number of amides is 1. The number of nitrogens with one attached hydrogen (secondary N) is 1. The largest absolute Gasteiger partial charge is 0.368 e. The first-order valence-electron chi connectivity index (χ1n) is 9.49. The van der Waals surface area contributed by atoms with E-state index < -0.39 is 0 Å². The molecule has 0 aliphatic carbocycles. The zero-order chi connectivity index (χ0) is 18.4. The number of anilines is 1. The van der Waals surface area contributed by atoms with Crippen LogP contribution in [0.15, 0.2) is 48.5 Å². The molecule has 1 amide bonds. The van der Waals surface area contributed by atoms with Crippen molar-refractivity contribution in [3.8, 4) is 0 Å². The molecule has 2 aromatic rings. The Morgan fingerprint density at radius 3 is 2.42 bits per heavy atom. The zero-order valence-corrected chi connectivity index (χ0v) is 15.9. The molecule has 0 radical (unpaired) electrons. The number of rotatable bonds is 6. The number of hydrogen-bond acceptors (Lipinski definition) is 3. The van der Waals surface area contributed by atoms with Crippen molar-refractivity contribution in [1.82, 2.24) is 10.2 Å². The summed E-state index contributed by atoms with van der Waals surface area (Å²) in [5.41, 5.74) is 5.27. The monoisotopic (exact) mass is 351 g/mol. The first kappa shape index (κ1) is 18.5. The average Bonchev–Trinajstić information content (AvgIpc) is 2.68. The summed E-state index contributed by atoms with van der Waals surface area (Å²) in [5, 5.41) is 3.29. The number of hydrogen-bond donors (Lipinski definition) is 1. The molecule has 4 nitrogen and oxygen atoms in total. The maximum atomic E-state index is 12.4. The summed E-state index contributed by atoms with van der Waals surface area (Å²) in [4.78, 5) is 16.8. The molecule has 1 fully saturated rings. The maximum absolute atomic E-state index is 12.4. The van der Waals surface area contributed by atoms with Crippen LogP contribution < -0.4 is 10.2 Å². The van der Waals surface area contributed by atoms with Crippen LogP contribution in [0, 0.1) is 13.8 Å². The number of benzene rings is 2. The quantitative estimate of drug-likeness (QED) is 0.813. The van der Waals surface area contributed by atoms with E-state index in [1.54, 1.807) is 0 Å². The van der Waals surface area contributed by atoms with Gasteiger partial charge in [-0.25, -0.2) is 0 Å². The summed E-state index contributed by atoms with van der Waals surface area (Å²) >= 11 is 0. The van der Waals surface area contributed by atoms with Crippen LogP contribution in [0.2, 0.25) is 0 Å². The van der Waals surface area contributed by atoms with Crippen LogP contribution in [0.4, 0.5) is 5.69 Å². The molecule has 0 atom stereocenters. The number of piperazine rings is 1. The Morgan fingerprint density at radius 2 is 1.69 bits per heavy atom. The predicted molar refractivity (Wildman–Crippen MR) is 108 cm³/mol. The lowest BCUT2D eigenvalue weighted by atomic mass is 10.1. The molecule has 26 heavy (non-hydrogen) atoms. The Kier molecular flexibility index (Phi) is 6.29. The Hall–Kier alpha value is -2.33. The fourth-order valence-electron chi connectivity index (χ4n) is 3.46. The number of carbonyl (C=O) groups is 1. The fourth-order valence-corrected chi connectivity index (χ4v) is 3.46. The molecule has 1 N–H and O–H groups in total. The molecule has 0 saturated carbocycles. The van der Waals surface area contributed by atoms with Crippen molar-refractivity contribution in [3.63, 3.8) is 0 Å². The molecule has 2 aromatic carbocycles. The van der Waals surface area contributed by atoms with Crippen LogP contribution >= 0.6 is 0 Å². The molecule has 0 unspecified atom stereocenters. The lowest BCUT2D eigenvalue weighted by Crippen LogP contribution is -2.51. The third-order valence-electron chi connectivity index (χ3n) is 5.26. The molecule has 1 heterocycles. The zero-order valence-electron chi connectivity index (χ0n) is 15.9. The van der Waals surface area contributed by atoms with E-state index >= 15 is 0 Å². The highest BCUT2D eigenvalue weighted by molar-refractivity contribution is 5.78. The molecule has 1 saturated heterocycles. The summed E-state index contributed by atoms with van der Waals surface area (Å²) in [6.07, 6.45) is 0.953. The van der Waals surface area contributed by atoms with Crippen LogP contribution in [-0.2, 0) is 11.2 Å². The Labute approximate surface area is 156 Å². The summed E-state index contributed by atoms with van der Waals surface area (Å²) in [5.74, 6) is 0.207. The highest BCUT2D eigenvalue weighted by Gasteiger charge is 2.21. The van der Waals surface area contributed by atoms with Crippen molar-refractivity contribution in [2.75, 3.05) is 44.2 Å². The molecule has 0 spiro atoms. The van der Waals surface area contributed by atoms with Gasteiger partial charge in [0.1, 0.15) is 0 Å². The van der Waals surface area contributed by atoms with E-state index in [2.05, 4.69) is 66.5 Å². The maximum Gasteiger partial charge on any atom is 0.236 e. The summed E-state index contributed by atoms with van der Waals surface area (Å²) in [7, 11) is 0. The van der Waals surface area contributed by atoms with Gasteiger partial charge in [0, 0.05) is 31.9 Å². The van der Waals surface area contributed by atoms with Gasteiger partial charge in [-0.2, -0.15) is 0 Å². The second-order valence-corrected chi connectivity index (χ2v) is 7.00. The average molecular weight is 351 g/mol. The van der Waals surface area contributed by atoms with Crippen LogP contribution in [0.5, 0.6) is 0 Å². The van der Waals surface area contributed by atoms with E-state index in [0.29, 0.717) is 6.54 Å². The molecule has 3 rings (SSSR count). The molecule has 0 aromatic heterocycles. The molecular formula is C22H29N3O. The van der Waals surface area contributed by atoms with Crippen LogP contribution in [0.1, 0.15) is 16.7 Å². The Morgan fingerprint density at radius 1 is 0.962 bits per heavy atom. The topological polar surface area (TPSA) is 35.6 Å². The third-order valence-corrected chi connectivity index (χ3v) is 5.26. The molecule has 138 valence electrons. The van der Waals surface area contributed by atoms with Gasteiger partial charge in [-0.15, -0.1) is 0 Å². The minimum Gasteiger partial charge on any atom is -0.368 e. The van der Waals surface area contributed by atoms with Gasteiger partial charge in [-0.1, -0.05) is 42.5 Å². The second-order valence-electron chi connectivity index (χ2n) is 7.00. The Balaban J connectivity index is 1.41. The smallest absolute Gasteiger partial charge is 0.236 e. The van der Waals surface area contributed by atoms with Gasteiger partial charge in [0.15, 0.2) is 0 Å². The number of aryl methyl sites for hydroxylation is 1. The molecule has 0 bridgehead atoms. The first-order valence-corrected chi connectivity index (χ1v) is 9.49. The lowest BCUT2D eigenvalue weighted by Gasteiger charge is -2.37. The van der Waals surface area contributed by atoms with Gasteiger partial charge in [0.2, 0.25) is 5.91 Å². The number of carbonyl (C=O) groups excluding carboxylic acids is 1. The van der Waals surface area contributed by atoms with Crippen molar-refractivity contribution in [2.45, 2.75) is 20.3 Å². The van der Waals surface area contributed by atoms with E-state index in [-0.39, 0.29) is 5.91 Å². The molecular weight excluding hydrogens is 322 g/mol.